The predicted octanol–water partition coefficient (Wildman–Crippen LogP) is -0.933. The Labute approximate surface area is 186 Å². The smallest absolute Gasteiger partial charge is 0.332 e. The Morgan fingerprint density at radius 2 is 1.73 bits per heavy atom. The molecule has 0 radical (unpaired) electrons. The summed E-state index contributed by atoms with van der Waals surface area (Å²) in [6.07, 6.45) is -5.61. The van der Waals surface area contributed by atoms with Crippen molar-refractivity contribution in [3.05, 3.63) is 41.5 Å². The van der Waals surface area contributed by atoms with Gasteiger partial charge in [0.15, 0.2) is 5.79 Å². The summed E-state index contributed by atoms with van der Waals surface area (Å²) in [5.74, 6) is -5.66. The van der Waals surface area contributed by atoms with Crippen LogP contribution in [0.25, 0.3) is 0 Å². The molecule has 11 nitrogen and oxygen atoms in total. The number of aliphatic carboxylic acids is 1. The average molecular weight is 495 g/mol. The highest BCUT2D eigenvalue weighted by Gasteiger charge is 2.54. The molecule has 33 heavy (non-hydrogen) atoms. The highest BCUT2D eigenvalue weighted by molar-refractivity contribution is 7.93. The highest BCUT2D eigenvalue weighted by atomic mass is 32.2. The fourth-order valence-corrected chi connectivity index (χ4v) is 5.37. The number of aliphatic hydroxyl groups is 4. The lowest BCUT2D eigenvalue weighted by Gasteiger charge is -2.33. The lowest BCUT2D eigenvalue weighted by atomic mass is 9.94. The SMILES string of the molecule is O=C(O)C1=CC2(CCC1S(=O)(=O)Nc1ccc(F)cc1F)OC(C(O)CO)C(C(O)CO)O2. The summed E-state index contributed by atoms with van der Waals surface area (Å²) in [5.41, 5.74) is -1.26. The molecule has 2 aliphatic rings. The summed E-state index contributed by atoms with van der Waals surface area (Å²) in [6.45, 7) is -1.59. The van der Waals surface area contributed by atoms with Crippen LogP contribution in [0.2, 0.25) is 0 Å². The molecule has 184 valence electrons. The van der Waals surface area contributed by atoms with Crippen LogP contribution < -0.4 is 4.72 Å². The van der Waals surface area contributed by atoms with Gasteiger partial charge in [-0.3, -0.25) is 4.72 Å². The van der Waals surface area contributed by atoms with Crippen molar-refractivity contribution < 1.29 is 57.0 Å². The second kappa shape index (κ2) is 9.58. The number of anilines is 1. The number of carbonyl (C=O) groups is 1. The van der Waals surface area contributed by atoms with Gasteiger partial charge in [-0.1, -0.05) is 0 Å². The van der Waals surface area contributed by atoms with Crippen molar-refractivity contribution >= 4 is 21.7 Å². The second-order valence-corrected chi connectivity index (χ2v) is 9.54. The quantitative estimate of drug-likeness (QED) is 0.263. The van der Waals surface area contributed by atoms with Crippen molar-refractivity contribution in [3.63, 3.8) is 0 Å². The number of ether oxygens (including phenoxy) is 2. The highest BCUT2D eigenvalue weighted by Crippen LogP contribution is 2.42. The first-order chi connectivity index (χ1) is 15.4. The van der Waals surface area contributed by atoms with Crippen LogP contribution in [0.4, 0.5) is 14.5 Å². The molecule has 0 saturated carbocycles. The van der Waals surface area contributed by atoms with Crippen molar-refractivity contribution in [2.45, 2.75) is 48.3 Å². The molecular formula is C19H23F2NO10S. The molecule has 0 bridgehead atoms. The van der Waals surface area contributed by atoms with E-state index in [0.29, 0.717) is 6.07 Å². The van der Waals surface area contributed by atoms with Gasteiger partial charge in [-0.05, 0) is 24.6 Å². The minimum Gasteiger partial charge on any atom is -0.478 e. The number of sulfonamides is 1. The van der Waals surface area contributed by atoms with Gasteiger partial charge in [0.1, 0.15) is 41.3 Å². The maximum Gasteiger partial charge on any atom is 0.332 e. The fraction of sp³-hybridized carbons (Fsp3) is 0.526. The van der Waals surface area contributed by atoms with Gasteiger partial charge in [0.2, 0.25) is 10.0 Å². The van der Waals surface area contributed by atoms with E-state index in [4.69, 9.17) is 9.47 Å². The van der Waals surface area contributed by atoms with E-state index in [1.165, 1.54) is 0 Å². The second-order valence-electron chi connectivity index (χ2n) is 7.68. The van der Waals surface area contributed by atoms with E-state index < -0.39 is 87.6 Å². The van der Waals surface area contributed by atoms with Crippen LogP contribution in [-0.2, 0) is 24.3 Å². The van der Waals surface area contributed by atoms with Crippen molar-refractivity contribution in [3.8, 4) is 0 Å². The van der Waals surface area contributed by atoms with Gasteiger partial charge >= 0.3 is 5.97 Å². The Morgan fingerprint density at radius 3 is 2.21 bits per heavy atom. The number of carboxylic acid groups (broad SMARTS) is 1. The molecule has 5 atom stereocenters. The van der Waals surface area contributed by atoms with Gasteiger partial charge in [-0.15, -0.1) is 0 Å². The molecule has 0 aromatic heterocycles. The average Bonchev–Trinajstić information content (AvgIpc) is 3.13. The topological polar surface area (TPSA) is 183 Å². The molecule has 3 rings (SSSR count). The predicted molar refractivity (Wildman–Crippen MR) is 106 cm³/mol. The van der Waals surface area contributed by atoms with Gasteiger partial charge in [0.25, 0.3) is 0 Å². The first-order valence-corrected chi connectivity index (χ1v) is 11.3. The van der Waals surface area contributed by atoms with Crippen LogP contribution in [0.15, 0.2) is 29.8 Å². The number of hydrogen-bond acceptors (Lipinski definition) is 9. The monoisotopic (exact) mass is 495 g/mol. The Bertz CT molecular complexity index is 1020. The molecule has 1 aromatic carbocycles. The first kappa shape index (κ1) is 25.4. The molecule has 6 N–H and O–H groups in total. The third-order valence-corrected chi connectivity index (χ3v) is 7.15. The summed E-state index contributed by atoms with van der Waals surface area (Å²) in [6, 6.07) is 2.13. The van der Waals surface area contributed by atoms with E-state index >= 15 is 0 Å². The zero-order chi connectivity index (χ0) is 24.6. The lowest BCUT2D eigenvalue weighted by Crippen LogP contribution is -2.45. The van der Waals surface area contributed by atoms with E-state index in [0.717, 1.165) is 18.2 Å². The van der Waals surface area contributed by atoms with Gasteiger partial charge in [0.05, 0.1) is 24.5 Å². The van der Waals surface area contributed by atoms with Crippen LogP contribution in [0.5, 0.6) is 0 Å². The summed E-state index contributed by atoms with van der Waals surface area (Å²) < 4.78 is 65.9. The molecule has 1 heterocycles. The molecule has 1 aliphatic heterocycles. The molecule has 0 amide bonds. The van der Waals surface area contributed by atoms with Gasteiger partial charge in [-0.25, -0.2) is 22.0 Å². The van der Waals surface area contributed by atoms with Crippen molar-refractivity contribution in [2.75, 3.05) is 17.9 Å². The fourth-order valence-electron chi connectivity index (χ4n) is 3.82. The zero-order valence-corrected chi connectivity index (χ0v) is 17.8. The van der Waals surface area contributed by atoms with Crippen LogP contribution in [0.1, 0.15) is 12.8 Å². The van der Waals surface area contributed by atoms with Gasteiger partial charge < -0.3 is 35.0 Å². The van der Waals surface area contributed by atoms with Gasteiger partial charge in [0, 0.05) is 12.5 Å². The van der Waals surface area contributed by atoms with Crippen molar-refractivity contribution in [1.29, 1.82) is 0 Å². The molecule has 1 aliphatic carbocycles. The van der Waals surface area contributed by atoms with Crippen molar-refractivity contribution in [1.82, 2.24) is 0 Å². The normalized spacial score (nSPS) is 29.5. The summed E-state index contributed by atoms with van der Waals surface area (Å²) in [7, 11) is -4.53. The molecule has 1 spiro atoms. The minimum atomic E-state index is -4.53. The molecule has 1 aromatic rings. The summed E-state index contributed by atoms with van der Waals surface area (Å²) >= 11 is 0. The zero-order valence-electron chi connectivity index (χ0n) is 17.0. The summed E-state index contributed by atoms with van der Waals surface area (Å²) in [4.78, 5) is 11.9. The number of carboxylic acids is 1. The largest absolute Gasteiger partial charge is 0.478 e. The third-order valence-electron chi connectivity index (χ3n) is 5.41. The van der Waals surface area contributed by atoms with Crippen LogP contribution in [0.3, 0.4) is 0 Å². The van der Waals surface area contributed by atoms with Gasteiger partial charge in [-0.2, -0.15) is 0 Å². The number of aliphatic hydroxyl groups excluding tert-OH is 4. The number of hydrogen-bond donors (Lipinski definition) is 6. The molecule has 14 heteroatoms. The van der Waals surface area contributed by atoms with E-state index in [1.54, 1.807) is 0 Å². The maximum absolute atomic E-state index is 13.9. The molecule has 1 fully saturated rings. The first-order valence-electron chi connectivity index (χ1n) is 9.79. The van der Waals surface area contributed by atoms with Crippen LogP contribution >= 0.6 is 0 Å². The summed E-state index contributed by atoms with van der Waals surface area (Å²) in [5, 5.41) is 46.4. The number of nitrogens with one attached hydrogen (secondary N) is 1. The Kier molecular flexibility index (Phi) is 7.38. The van der Waals surface area contributed by atoms with E-state index in [-0.39, 0.29) is 12.8 Å². The minimum absolute atomic E-state index is 0.259. The maximum atomic E-state index is 13.9. The third kappa shape index (κ3) is 5.16. The lowest BCUT2D eigenvalue weighted by molar-refractivity contribution is -0.163. The standard InChI is InChI=1S/C19H23F2NO10S/c20-9-1-2-12(11(21)5-9)22-33(29,30)15-3-4-19(6-10(15)18(27)28)31-16(13(25)7-23)17(32-19)14(26)8-24/h1-2,5-6,13-17,22-26H,3-4,7-8H2,(H,27,28). The molecular weight excluding hydrogens is 472 g/mol. The Morgan fingerprint density at radius 1 is 1.15 bits per heavy atom. The van der Waals surface area contributed by atoms with E-state index in [9.17, 15) is 47.5 Å². The van der Waals surface area contributed by atoms with Crippen molar-refractivity contribution in [2.24, 2.45) is 0 Å². The Hall–Kier alpha value is -2.20. The van der Waals surface area contributed by atoms with Crippen LogP contribution in [-0.4, -0.2) is 88.6 Å². The number of rotatable bonds is 8. The Balaban J connectivity index is 1.93. The van der Waals surface area contributed by atoms with E-state index in [1.807, 2.05) is 4.72 Å². The molecule has 5 unspecified atom stereocenters. The number of benzene rings is 1. The number of halogens is 2. The van der Waals surface area contributed by atoms with E-state index in [2.05, 4.69) is 0 Å². The molecule has 1 saturated heterocycles. The van der Waals surface area contributed by atoms with Crippen LogP contribution in [0, 0.1) is 11.6 Å².